The third-order valence-electron chi connectivity index (χ3n) is 3.62. The Kier molecular flexibility index (Phi) is 5.50. The molecule has 0 bridgehead atoms. The number of hydrogen-bond acceptors (Lipinski definition) is 2. The zero-order valence-electron chi connectivity index (χ0n) is 11.3. The molecule has 0 spiro atoms. The minimum absolute atomic E-state index is 0.158. The van der Waals surface area contributed by atoms with E-state index in [1.807, 2.05) is 7.11 Å². The van der Waals surface area contributed by atoms with Crippen LogP contribution < -0.4 is 5.32 Å². The second-order valence-corrected chi connectivity index (χ2v) is 5.38. The summed E-state index contributed by atoms with van der Waals surface area (Å²) < 4.78 is 5.59. The Balaban J connectivity index is 2.14. The van der Waals surface area contributed by atoms with Crippen molar-refractivity contribution in [2.24, 2.45) is 0 Å². The van der Waals surface area contributed by atoms with Gasteiger partial charge in [0.2, 0.25) is 0 Å². The van der Waals surface area contributed by atoms with Gasteiger partial charge < -0.3 is 10.1 Å². The number of rotatable bonds is 7. The first-order valence-electron chi connectivity index (χ1n) is 6.50. The van der Waals surface area contributed by atoms with Crippen molar-refractivity contribution in [1.82, 2.24) is 5.32 Å². The van der Waals surface area contributed by atoms with Gasteiger partial charge in [-0.1, -0.05) is 11.6 Å². The van der Waals surface area contributed by atoms with Crippen LogP contribution in [0.1, 0.15) is 52.9 Å². The minimum Gasteiger partial charge on any atom is -0.377 e. The third-order valence-corrected chi connectivity index (χ3v) is 3.62. The molecule has 0 aliphatic heterocycles. The topological polar surface area (TPSA) is 21.3 Å². The lowest BCUT2D eigenvalue weighted by molar-refractivity contribution is -0.0706. The van der Waals surface area contributed by atoms with Gasteiger partial charge in [0.1, 0.15) is 0 Å². The lowest BCUT2D eigenvalue weighted by atomic mass is 9.80. The van der Waals surface area contributed by atoms with Gasteiger partial charge in [-0.2, -0.15) is 0 Å². The Morgan fingerprint density at radius 2 is 2.12 bits per heavy atom. The first-order valence-corrected chi connectivity index (χ1v) is 6.50. The molecule has 1 aliphatic carbocycles. The standard InChI is InChI=1S/C14H27NO/c1-12(2)7-5-8-13(3)15-11-14(16-4)9-6-10-14/h7,13,15H,5-6,8-11H2,1-4H3. The van der Waals surface area contributed by atoms with Gasteiger partial charge in [-0.3, -0.25) is 0 Å². The van der Waals surface area contributed by atoms with E-state index in [1.54, 1.807) is 0 Å². The zero-order valence-corrected chi connectivity index (χ0v) is 11.3. The van der Waals surface area contributed by atoms with E-state index < -0.39 is 0 Å². The molecular weight excluding hydrogens is 198 g/mol. The molecule has 0 aromatic carbocycles. The average Bonchev–Trinajstić information content (AvgIpc) is 2.16. The highest BCUT2D eigenvalue weighted by molar-refractivity contribution is 4.94. The zero-order chi connectivity index (χ0) is 12.0. The molecular formula is C14H27NO. The highest BCUT2D eigenvalue weighted by Gasteiger charge is 2.36. The van der Waals surface area contributed by atoms with Gasteiger partial charge >= 0.3 is 0 Å². The molecule has 1 unspecified atom stereocenters. The summed E-state index contributed by atoms with van der Waals surface area (Å²) in [4.78, 5) is 0. The van der Waals surface area contributed by atoms with Gasteiger partial charge in [-0.05, 0) is 52.9 Å². The first kappa shape index (κ1) is 13.7. The number of ether oxygens (including phenoxy) is 1. The highest BCUT2D eigenvalue weighted by Crippen LogP contribution is 2.34. The smallest absolute Gasteiger partial charge is 0.0802 e. The van der Waals surface area contributed by atoms with Gasteiger partial charge in [0.25, 0.3) is 0 Å². The van der Waals surface area contributed by atoms with E-state index in [0.717, 1.165) is 6.54 Å². The van der Waals surface area contributed by atoms with Crippen molar-refractivity contribution < 1.29 is 4.74 Å². The van der Waals surface area contributed by atoms with E-state index >= 15 is 0 Å². The molecule has 94 valence electrons. The third kappa shape index (κ3) is 4.26. The van der Waals surface area contributed by atoms with Crippen LogP contribution in [0.15, 0.2) is 11.6 Å². The van der Waals surface area contributed by atoms with Gasteiger partial charge in [0.15, 0.2) is 0 Å². The van der Waals surface area contributed by atoms with E-state index in [-0.39, 0.29) is 5.60 Å². The average molecular weight is 225 g/mol. The van der Waals surface area contributed by atoms with Crippen molar-refractivity contribution in [3.05, 3.63) is 11.6 Å². The molecule has 1 rings (SSSR count). The quantitative estimate of drug-likeness (QED) is 0.671. The first-order chi connectivity index (χ1) is 7.58. The second kappa shape index (κ2) is 6.41. The van der Waals surface area contributed by atoms with Crippen LogP contribution in [0.25, 0.3) is 0 Å². The van der Waals surface area contributed by atoms with Crippen LogP contribution in [0.3, 0.4) is 0 Å². The van der Waals surface area contributed by atoms with Crippen LogP contribution >= 0.6 is 0 Å². The Labute approximate surface area is 100 Å². The minimum atomic E-state index is 0.158. The van der Waals surface area contributed by atoms with Crippen LogP contribution in [0.4, 0.5) is 0 Å². The maximum Gasteiger partial charge on any atom is 0.0802 e. The molecule has 0 aromatic rings. The predicted octanol–water partition coefficient (Wildman–Crippen LogP) is 3.28. The van der Waals surface area contributed by atoms with Crippen molar-refractivity contribution >= 4 is 0 Å². The Morgan fingerprint density at radius 3 is 2.56 bits per heavy atom. The number of allylic oxidation sites excluding steroid dienone is 2. The Hall–Kier alpha value is -0.340. The summed E-state index contributed by atoms with van der Waals surface area (Å²) in [5.41, 5.74) is 1.57. The van der Waals surface area contributed by atoms with E-state index in [4.69, 9.17) is 4.74 Å². The van der Waals surface area contributed by atoms with Crippen molar-refractivity contribution in [3.8, 4) is 0 Å². The molecule has 1 aliphatic rings. The van der Waals surface area contributed by atoms with E-state index in [9.17, 15) is 0 Å². The van der Waals surface area contributed by atoms with Gasteiger partial charge in [-0.25, -0.2) is 0 Å². The Morgan fingerprint density at radius 1 is 1.44 bits per heavy atom. The summed E-state index contributed by atoms with van der Waals surface area (Å²) in [5.74, 6) is 0. The lowest BCUT2D eigenvalue weighted by Gasteiger charge is -2.41. The van der Waals surface area contributed by atoms with Gasteiger partial charge in [0, 0.05) is 19.7 Å². The second-order valence-electron chi connectivity index (χ2n) is 5.38. The SMILES string of the molecule is COC1(CNC(C)CCC=C(C)C)CCC1. The van der Waals surface area contributed by atoms with Crippen molar-refractivity contribution in [3.63, 3.8) is 0 Å². The fourth-order valence-electron chi connectivity index (χ4n) is 2.11. The number of nitrogens with one attached hydrogen (secondary N) is 1. The summed E-state index contributed by atoms with van der Waals surface area (Å²) in [6.07, 6.45) is 8.46. The van der Waals surface area contributed by atoms with Crippen LogP contribution in [-0.4, -0.2) is 25.3 Å². The van der Waals surface area contributed by atoms with Crippen molar-refractivity contribution in [1.29, 1.82) is 0 Å². The molecule has 1 fully saturated rings. The molecule has 1 atom stereocenters. The fourth-order valence-corrected chi connectivity index (χ4v) is 2.11. The van der Waals surface area contributed by atoms with Crippen molar-refractivity contribution in [2.45, 2.75) is 64.5 Å². The molecule has 0 amide bonds. The lowest BCUT2D eigenvalue weighted by Crippen LogP contribution is -2.49. The van der Waals surface area contributed by atoms with Crippen molar-refractivity contribution in [2.75, 3.05) is 13.7 Å². The maximum absolute atomic E-state index is 5.59. The van der Waals surface area contributed by atoms with E-state index in [1.165, 1.54) is 37.7 Å². The van der Waals surface area contributed by atoms with Gasteiger partial charge in [-0.15, -0.1) is 0 Å². The summed E-state index contributed by atoms with van der Waals surface area (Å²) in [7, 11) is 1.84. The van der Waals surface area contributed by atoms with Crippen LogP contribution in [0, 0.1) is 0 Å². The molecule has 2 heteroatoms. The summed E-state index contributed by atoms with van der Waals surface area (Å²) in [5, 5.41) is 3.60. The fraction of sp³-hybridized carbons (Fsp3) is 0.857. The molecule has 2 nitrogen and oxygen atoms in total. The molecule has 0 aromatic heterocycles. The number of methoxy groups -OCH3 is 1. The Bertz CT molecular complexity index is 221. The van der Waals surface area contributed by atoms with Crippen LogP contribution in [-0.2, 0) is 4.74 Å². The van der Waals surface area contributed by atoms with E-state index in [0.29, 0.717) is 6.04 Å². The molecule has 1 saturated carbocycles. The monoisotopic (exact) mass is 225 g/mol. The molecule has 1 N–H and O–H groups in total. The van der Waals surface area contributed by atoms with Crippen LogP contribution in [0.5, 0.6) is 0 Å². The molecule has 0 radical (unpaired) electrons. The van der Waals surface area contributed by atoms with Gasteiger partial charge in [0.05, 0.1) is 5.60 Å². The number of hydrogen-bond donors (Lipinski definition) is 1. The maximum atomic E-state index is 5.59. The summed E-state index contributed by atoms with van der Waals surface area (Å²) in [6, 6.07) is 0.586. The molecule has 0 saturated heterocycles. The normalized spacial score (nSPS) is 20.0. The largest absolute Gasteiger partial charge is 0.377 e. The highest BCUT2D eigenvalue weighted by atomic mass is 16.5. The summed E-state index contributed by atoms with van der Waals surface area (Å²) in [6.45, 7) is 7.60. The van der Waals surface area contributed by atoms with Crippen LogP contribution in [0.2, 0.25) is 0 Å². The summed E-state index contributed by atoms with van der Waals surface area (Å²) >= 11 is 0. The van der Waals surface area contributed by atoms with E-state index in [2.05, 4.69) is 32.2 Å². The molecule has 0 heterocycles. The molecule has 16 heavy (non-hydrogen) atoms. The predicted molar refractivity (Wildman–Crippen MR) is 69.7 cm³/mol.